The van der Waals surface area contributed by atoms with Crippen LogP contribution >= 0.6 is 0 Å². The monoisotopic (exact) mass is 180 g/mol. The van der Waals surface area contributed by atoms with Crippen LogP contribution in [0.2, 0.25) is 0 Å². The Kier molecular flexibility index (Phi) is 3.31. The minimum atomic E-state index is -0.0656. The Morgan fingerprint density at radius 1 is 1.38 bits per heavy atom. The van der Waals surface area contributed by atoms with E-state index in [2.05, 4.69) is 5.32 Å². The average Bonchev–Trinajstić information content (AvgIpc) is 2.08. The highest BCUT2D eigenvalue weighted by molar-refractivity contribution is 5.88. The van der Waals surface area contributed by atoms with Crippen LogP contribution < -0.4 is 10.1 Å². The van der Waals surface area contributed by atoms with E-state index in [1.54, 1.807) is 0 Å². The molecule has 1 rings (SSSR count). The summed E-state index contributed by atoms with van der Waals surface area (Å²) in [5, 5.41) is 2.68. The van der Waals surface area contributed by atoms with Crippen molar-refractivity contribution in [1.29, 1.82) is 0 Å². The van der Waals surface area contributed by atoms with Crippen molar-refractivity contribution in [3.8, 4) is 5.75 Å². The summed E-state index contributed by atoms with van der Waals surface area (Å²) in [5.74, 6) is 0.751. The van der Waals surface area contributed by atoms with Crippen molar-refractivity contribution in [3.05, 3.63) is 24.3 Å². The van der Waals surface area contributed by atoms with Gasteiger partial charge in [0.15, 0.2) is 0 Å². The molecule has 3 nitrogen and oxygen atoms in total. The van der Waals surface area contributed by atoms with Gasteiger partial charge in [0.25, 0.3) is 0 Å². The molecule has 0 bridgehead atoms. The lowest BCUT2D eigenvalue weighted by Gasteiger charge is -2.04. The Bertz CT molecular complexity index is 279. The zero-order chi connectivity index (χ0) is 9.68. The molecule has 1 aromatic rings. The van der Waals surface area contributed by atoms with E-state index in [4.69, 9.17) is 4.74 Å². The number of benzene rings is 1. The number of hydrogen-bond donors (Lipinski definition) is 1. The summed E-state index contributed by atoms with van der Waals surface area (Å²) in [6, 6.07) is 7.28. The second-order valence-electron chi connectivity index (χ2n) is 2.64. The SMILES string of the molecule is CCOc1ccc(N[13C](C)=O)cc1. The molecule has 0 saturated carbocycles. The van der Waals surface area contributed by atoms with Crippen LogP contribution in [-0.2, 0) is 4.79 Å². The fourth-order valence-corrected chi connectivity index (χ4v) is 1.00. The minimum Gasteiger partial charge on any atom is -0.494 e. The molecule has 0 fully saturated rings. The van der Waals surface area contributed by atoms with Crippen molar-refractivity contribution in [3.63, 3.8) is 0 Å². The number of carbonyl (C=O) groups is 1. The number of amides is 1. The third kappa shape index (κ3) is 3.15. The second kappa shape index (κ2) is 4.50. The molecule has 1 N–H and O–H groups in total. The van der Waals surface area contributed by atoms with Crippen LogP contribution in [0.15, 0.2) is 24.3 Å². The summed E-state index contributed by atoms with van der Waals surface area (Å²) in [7, 11) is 0. The van der Waals surface area contributed by atoms with Crippen LogP contribution in [0.4, 0.5) is 5.69 Å². The Hall–Kier alpha value is -1.51. The molecule has 13 heavy (non-hydrogen) atoms. The second-order valence-corrected chi connectivity index (χ2v) is 2.64. The standard InChI is InChI=1S/C10H13NO2/c1-3-13-10-6-4-9(5-7-10)11-8(2)12/h4-7H,3H2,1-2H3,(H,11,12)/i8+1. The van der Waals surface area contributed by atoms with Crippen molar-refractivity contribution < 1.29 is 9.53 Å². The zero-order valence-corrected chi connectivity index (χ0v) is 7.83. The van der Waals surface area contributed by atoms with Gasteiger partial charge in [-0.3, -0.25) is 4.79 Å². The quantitative estimate of drug-likeness (QED) is 0.723. The van der Waals surface area contributed by atoms with E-state index in [0.717, 1.165) is 11.4 Å². The van der Waals surface area contributed by atoms with Crippen molar-refractivity contribution in [2.45, 2.75) is 13.8 Å². The van der Waals surface area contributed by atoms with Gasteiger partial charge < -0.3 is 10.1 Å². The molecule has 0 atom stereocenters. The van der Waals surface area contributed by atoms with Gasteiger partial charge in [0.05, 0.1) is 6.61 Å². The van der Waals surface area contributed by atoms with Gasteiger partial charge in [-0.25, -0.2) is 0 Å². The number of ether oxygens (including phenoxy) is 1. The number of anilines is 1. The Labute approximate surface area is 77.7 Å². The number of nitrogens with one attached hydrogen (secondary N) is 1. The van der Waals surface area contributed by atoms with Crippen molar-refractivity contribution in [2.24, 2.45) is 0 Å². The lowest BCUT2D eigenvalue weighted by molar-refractivity contribution is -0.114. The maximum Gasteiger partial charge on any atom is 0.221 e. The van der Waals surface area contributed by atoms with Crippen molar-refractivity contribution >= 4 is 11.6 Å². The highest BCUT2D eigenvalue weighted by atomic mass is 16.5. The number of rotatable bonds is 3. The maximum atomic E-state index is 10.7. The van der Waals surface area contributed by atoms with E-state index in [1.807, 2.05) is 31.2 Å². The molecule has 0 saturated heterocycles. The third-order valence-corrected chi connectivity index (χ3v) is 1.49. The van der Waals surface area contributed by atoms with Crippen molar-refractivity contribution in [1.82, 2.24) is 0 Å². The molecule has 1 amide bonds. The molecule has 0 aliphatic carbocycles. The minimum absolute atomic E-state index is 0.0656. The Balaban J connectivity index is 2.64. The van der Waals surface area contributed by atoms with Gasteiger partial charge in [-0.1, -0.05) is 0 Å². The highest BCUT2D eigenvalue weighted by Crippen LogP contribution is 2.15. The lowest BCUT2D eigenvalue weighted by Crippen LogP contribution is -2.05. The van der Waals surface area contributed by atoms with Crippen molar-refractivity contribution in [2.75, 3.05) is 11.9 Å². The van der Waals surface area contributed by atoms with E-state index >= 15 is 0 Å². The summed E-state index contributed by atoms with van der Waals surface area (Å²) < 4.78 is 5.25. The predicted octanol–water partition coefficient (Wildman–Crippen LogP) is 2.04. The van der Waals surface area contributed by atoms with E-state index in [-0.39, 0.29) is 5.91 Å². The number of hydrogen-bond acceptors (Lipinski definition) is 2. The van der Waals surface area contributed by atoms with Gasteiger partial charge in [0.2, 0.25) is 5.91 Å². The van der Waals surface area contributed by atoms with E-state index in [0.29, 0.717) is 6.61 Å². The van der Waals surface area contributed by atoms with Gasteiger partial charge >= 0.3 is 0 Å². The van der Waals surface area contributed by atoms with Crippen LogP contribution in [0.3, 0.4) is 0 Å². The van der Waals surface area contributed by atoms with Crippen LogP contribution in [-0.4, -0.2) is 12.5 Å². The molecule has 0 heterocycles. The molecular formula is C10H13NO2. The first-order valence-electron chi connectivity index (χ1n) is 4.23. The van der Waals surface area contributed by atoms with Gasteiger partial charge in [-0.15, -0.1) is 0 Å². The molecular weight excluding hydrogens is 167 g/mol. The summed E-state index contributed by atoms with van der Waals surface area (Å²) in [4.78, 5) is 10.7. The van der Waals surface area contributed by atoms with E-state index < -0.39 is 0 Å². The summed E-state index contributed by atoms with van der Waals surface area (Å²) in [6.45, 7) is 4.07. The molecule has 70 valence electrons. The first-order valence-corrected chi connectivity index (χ1v) is 4.23. The largest absolute Gasteiger partial charge is 0.494 e. The highest BCUT2D eigenvalue weighted by Gasteiger charge is 1.95. The predicted molar refractivity (Wildman–Crippen MR) is 51.9 cm³/mol. The van der Waals surface area contributed by atoms with E-state index in [1.165, 1.54) is 6.92 Å². The molecule has 0 aromatic heterocycles. The summed E-state index contributed by atoms with van der Waals surface area (Å²) >= 11 is 0. The van der Waals surface area contributed by atoms with E-state index in [9.17, 15) is 4.79 Å². The molecule has 1 aromatic carbocycles. The first kappa shape index (κ1) is 9.58. The summed E-state index contributed by atoms with van der Waals surface area (Å²) in [5.41, 5.74) is 0.788. The first-order chi connectivity index (χ1) is 6.22. The zero-order valence-electron chi connectivity index (χ0n) is 7.83. The lowest BCUT2D eigenvalue weighted by atomic mass is 10.3. The normalized spacial score (nSPS) is 9.38. The van der Waals surface area contributed by atoms with Gasteiger partial charge in [0, 0.05) is 12.6 Å². The number of carbonyl (C=O) groups excluding carboxylic acids is 1. The van der Waals surface area contributed by atoms with Crippen LogP contribution in [0.5, 0.6) is 5.75 Å². The topological polar surface area (TPSA) is 38.3 Å². The average molecular weight is 180 g/mol. The fourth-order valence-electron chi connectivity index (χ4n) is 1.00. The maximum absolute atomic E-state index is 10.7. The molecule has 0 aliphatic rings. The fraction of sp³-hybridized carbons (Fsp3) is 0.300. The molecule has 0 spiro atoms. The molecule has 0 aliphatic heterocycles. The van der Waals surface area contributed by atoms with Gasteiger partial charge in [-0.05, 0) is 31.2 Å². The third-order valence-electron chi connectivity index (χ3n) is 1.49. The van der Waals surface area contributed by atoms with Gasteiger partial charge in [-0.2, -0.15) is 0 Å². The Morgan fingerprint density at radius 2 is 2.00 bits per heavy atom. The molecule has 0 radical (unpaired) electrons. The summed E-state index contributed by atoms with van der Waals surface area (Å²) in [6.07, 6.45) is 0. The smallest absolute Gasteiger partial charge is 0.221 e. The Morgan fingerprint density at radius 3 is 2.46 bits per heavy atom. The van der Waals surface area contributed by atoms with Crippen LogP contribution in [0, 0.1) is 0 Å². The molecule has 3 heteroatoms. The van der Waals surface area contributed by atoms with Crippen LogP contribution in [0.1, 0.15) is 13.8 Å². The molecule has 0 unspecified atom stereocenters. The van der Waals surface area contributed by atoms with Gasteiger partial charge in [0.1, 0.15) is 5.75 Å². The van der Waals surface area contributed by atoms with Crippen LogP contribution in [0.25, 0.3) is 0 Å².